The van der Waals surface area contributed by atoms with Gasteiger partial charge in [-0.1, -0.05) is 19.4 Å². The highest BCUT2D eigenvalue weighted by Crippen LogP contribution is 2.20. The number of hydrogen-bond donors (Lipinski definition) is 3. The molecule has 1 amide bonds. The molecule has 1 aromatic heterocycles. The number of nitrogens with two attached hydrogens (primary N) is 1. The number of nitrogen functional groups attached to an aromatic ring is 1. The number of aromatic amines is 1. The number of anilines is 1. The third-order valence-electron chi connectivity index (χ3n) is 3.19. The van der Waals surface area contributed by atoms with Gasteiger partial charge in [-0.2, -0.15) is 0 Å². The van der Waals surface area contributed by atoms with E-state index in [-0.39, 0.29) is 6.09 Å². The summed E-state index contributed by atoms with van der Waals surface area (Å²) < 4.78 is 5.03. The molecule has 0 aliphatic carbocycles. The molecule has 4 N–H and O–H groups in total. The minimum Gasteiger partial charge on any atom is -0.450 e. The number of carbonyl (C=O) groups excluding carboxylic acids is 1. The summed E-state index contributed by atoms with van der Waals surface area (Å²) in [5, 5.41) is 3.90. The summed E-state index contributed by atoms with van der Waals surface area (Å²) in [6, 6.07) is 5.79. The van der Waals surface area contributed by atoms with Gasteiger partial charge in [0, 0.05) is 29.3 Å². The molecule has 0 aliphatic rings. The molecule has 20 heavy (non-hydrogen) atoms. The van der Waals surface area contributed by atoms with Crippen molar-refractivity contribution in [1.82, 2.24) is 10.3 Å². The minimum atomic E-state index is -0.345. The van der Waals surface area contributed by atoms with Crippen LogP contribution in [0.1, 0.15) is 25.3 Å². The number of alkyl carbamates (subject to hydrolysis) is 1. The van der Waals surface area contributed by atoms with Crippen LogP contribution in [0.15, 0.2) is 24.4 Å². The number of hydrogen-bond acceptors (Lipinski definition) is 3. The van der Waals surface area contributed by atoms with Crippen molar-refractivity contribution >= 4 is 22.7 Å². The van der Waals surface area contributed by atoms with E-state index >= 15 is 0 Å². The van der Waals surface area contributed by atoms with E-state index in [0.717, 1.165) is 41.4 Å². The van der Waals surface area contributed by atoms with Crippen molar-refractivity contribution in [2.24, 2.45) is 0 Å². The first-order valence-corrected chi connectivity index (χ1v) is 6.97. The van der Waals surface area contributed by atoms with Crippen molar-refractivity contribution in [3.05, 3.63) is 30.0 Å². The Morgan fingerprint density at radius 3 is 3.10 bits per heavy atom. The number of aromatic nitrogens is 1. The van der Waals surface area contributed by atoms with Crippen LogP contribution in [-0.2, 0) is 11.2 Å². The lowest BCUT2D eigenvalue weighted by Crippen LogP contribution is -2.26. The quantitative estimate of drug-likeness (QED) is 0.560. The van der Waals surface area contributed by atoms with Crippen molar-refractivity contribution in [3.8, 4) is 0 Å². The van der Waals surface area contributed by atoms with Crippen molar-refractivity contribution in [3.63, 3.8) is 0 Å². The summed E-state index contributed by atoms with van der Waals surface area (Å²) in [7, 11) is 0. The highest BCUT2D eigenvalue weighted by molar-refractivity contribution is 5.85. The number of carbonyl (C=O) groups is 1. The van der Waals surface area contributed by atoms with Gasteiger partial charge in [0.2, 0.25) is 0 Å². The van der Waals surface area contributed by atoms with E-state index in [1.165, 1.54) is 0 Å². The van der Waals surface area contributed by atoms with Gasteiger partial charge < -0.3 is 20.8 Å². The van der Waals surface area contributed by atoms with Crippen molar-refractivity contribution in [2.75, 3.05) is 18.9 Å². The maximum absolute atomic E-state index is 11.4. The van der Waals surface area contributed by atoms with Crippen LogP contribution in [0.25, 0.3) is 10.9 Å². The summed E-state index contributed by atoms with van der Waals surface area (Å²) in [6.45, 7) is 3.10. The molecule has 108 valence electrons. The smallest absolute Gasteiger partial charge is 0.407 e. The van der Waals surface area contributed by atoms with Gasteiger partial charge in [-0.3, -0.25) is 0 Å². The number of unbranched alkanes of at least 4 members (excludes halogenated alkanes) is 1. The summed E-state index contributed by atoms with van der Waals surface area (Å²) in [4.78, 5) is 14.6. The van der Waals surface area contributed by atoms with Gasteiger partial charge >= 0.3 is 6.09 Å². The van der Waals surface area contributed by atoms with Crippen molar-refractivity contribution < 1.29 is 9.53 Å². The number of fused-ring (bicyclic) bond motifs is 1. The topological polar surface area (TPSA) is 80.1 Å². The Balaban J connectivity index is 1.82. The molecular weight excluding hydrogens is 254 g/mol. The number of benzene rings is 1. The summed E-state index contributed by atoms with van der Waals surface area (Å²) in [5.41, 5.74) is 8.66. The predicted molar refractivity (Wildman–Crippen MR) is 80.7 cm³/mol. The molecule has 0 unspecified atom stereocenters. The van der Waals surface area contributed by atoms with E-state index in [1.807, 2.05) is 24.4 Å². The number of amides is 1. The summed E-state index contributed by atoms with van der Waals surface area (Å²) in [5.74, 6) is 0. The zero-order valence-corrected chi connectivity index (χ0v) is 11.7. The molecule has 0 saturated carbocycles. The molecule has 0 saturated heterocycles. The van der Waals surface area contributed by atoms with Crippen LogP contribution in [0.4, 0.5) is 10.5 Å². The average Bonchev–Trinajstić information content (AvgIpc) is 2.81. The summed E-state index contributed by atoms with van der Waals surface area (Å²) >= 11 is 0. The Morgan fingerprint density at radius 2 is 2.30 bits per heavy atom. The second kappa shape index (κ2) is 6.84. The number of rotatable bonds is 6. The summed E-state index contributed by atoms with van der Waals surface area (Å²) in [6.07, 6.45) is 4.28. The first-order chi connectivity index (χ1) is 9.70. The van der Waals surface area contributed by atoms with E-state index < -0.39 is 0 Å². The van der Waals surface area contributed by atoms with Gasteiger partial charge in [-0.05, 0) is 30.5 Å². The third-order valence-corrected chi connectivity index (χ3v) is 3.19. The molecule has 1 heterocycles. The van der Waals surface area contributed by atoms with Gasteiger partial charge in [0.05, 0.1) is 6.61 Å². The fourth-order valence-electron chi connectivity index (χ4n) is 2.07. The molecule has 0 fully saturated rings. The number of ether oxygens (including phenoxy) is 1. The lowest BCUT2D eigenvalue weighted by atomic mass is 10.1. The van der Waals surface area contributed by atoms with Crippen LogP contribution in [0.5, 0.6) is 0 Å². The lowest BCUT2D eigenvalue weighted by Gasteiger charge is -2.06. The number of H-pyrrole nitrogens is 1. The van der Waals surface area contributed by atoms with Crippen LogP contribution < -0.4 is 11.1 Å². The van der Waals surface area contributed by atoms with Crippen molar-refractivity contribution in [2.45, 2.75) is 26.2 Å². The highest BCUT2D eigenvalue weighted by Gasteiger charge is 2.05. The molecule has 0 radical (unpaired) electrons. The molecule has 0 atom stereocenters. The minimum absolute atomic E-state index is 0.345. The second-order valence-corrected chi connectivity index (χ2v) is 4.79. The van der Waals surface area contributed by atoms with Crippen LogP contribution in [-0.4, -0.2) is 24.2 Å². The molecule has 2 rings (SSSR count). The average molecular weight is 275 g/mol. The highest BCUT2D eigenvalue weighted by atomic mass is 16.5. The first-order valence-electron chi connectivity index (χ1n) is 6.97. The molecule has 1 aromatic carbocycles. The standard InChI is InChI=1S/C15H21N3O2/c1-2-3-8-20-15(19)17-7-6-11-10-18-14-9-12(16)4-5-13(11)14/h4-5,9-10,18H,2-3,6-8,16H2,1H3,(H,17,19). The molecule has 5 nitrogen and oxygen atoms in total. The van der Waals surface area contributed by atoms with Crippen LogP contribution in [0.2, 0.25) is 0 Å². The van der Waals surface area contributed by atoms with E-state index in [0.29, 0.717) is 13.2 Å². The van der Waals surface area contributed by atoms with Crippen LogP contribution in [0.3, 0.4) is 0 Å². The Bertz CT molecular complexity index is 578. The van der Waals surface area contributed by atoms with Crippen LogP contribution in [0, 0.1) is 0 Å². The SMILES string of the molecule is CCCCOC(=O)NCCc1c[nH]c2cc(N)ccc12. The predicted octanol–water partition coefficient (Wildman–Crippen LogP) is 2.82. The van der Waals surface area contributed by atoms with Gasteiger partial charge in [-0.15, -0.1) is 0 Å². The zero-order valence-electron chi connectivity index (χ0n) is 11.7. The maximum atomic E-state index is 11.4. The fourth-order valence-corrected chi connectivity index (χ4v) is 2.07. The largest absolute Gasteiger partial charge is 0.450 e. The van der Waals surface area contributed by atoms with Gasteiger partial charge in [0.15, 0.2) is 0 Å². The van der Waals surface area contributed by atoms with Gasteiger partial charge in [0.1, 0.15) is 0 Å². The first kappa shape index (κ1) is 14.2. The van der Waals surface area contributed by atoms with Crippen LogP contribution >= 0.6 is 0 Å². The molecule has 2 aromatic rings. The maximum Gasteiger partial charge on any atom is 0.407 e. The van der Waals surface area contributed by atoms with E-state index in [1.54, 1.807) is 0 Å². The molecular formula is C15H21N3O2. The third kappa shape index (κ3) is 3.66. The van der Waals surface area contributed by atoms with E-state index in [4.69, 9.17) is 10.5 Å². The van der Waals surface area contributed by atoms with Gasteiger partial charge in [-0.25, -0.2) is 4.79 Å². The van der Waals surface area contributed by atoms with E-state index in [2.05, 4.69) is 17.2 Å². The normalized spacial score (nSPS) is 10.7. The second-order valence-electron chi connectivity index (χ2n) is 4.79. The monoisotopic (exact) mass is 275 g/mol. The lowest BCUT2D eigenvalue weighted by molar-refractivity contribution is 0.144. The molecule has 0 spiro atoms. The fraction of sp³-hybridized carbons (Fsp3) is 0.400. The van der Waals surface area contributed by atoms with E-state index in [9.17, 15) is 4.79 Å². The Morgan fingerprint density at radius 1 is 1.45 bits per heavy atom. The Kier molecular flexibility index (Phi) is 4.87. The Labute approximate surface area is 118 Å². The molecule has 0 aliphatic heterocycles. The molecule has 0 bridgehead atoms. The van der Waals surface area contributed by atoms with Crippen molar-refractivity contribution in [1.29, 1.82) is 0 Å². The zero-order chi connectivity index (χ0) is 14.4. The Hall–Kier alpha value is -2.17. The number of nitrogens with one attached hydrogen (secondary N) is 2. The molecule has 5 heteroatoms. The van der Waals surface area contributed by atoms with Gasteiger partial charge in [0.25, 0.3) is 0 Å².